The van der Waals surface area contributed by atoms with Crippen molar-refractivity contribution < 1.29 is 14.6 Å². The van der Waals surface area contributed by atoms with Crippen LogP contribution in [0.25, 0.3) is 0 Å². The molecule has 0 amide bonds. The smallest absolute Gasteiger partial charge is 0.123 e. The van der Waals surface area contributed by atoms with Crippen LogP contribution in [0.4, 0.5) is 0 Å². The Kier molecular flexibility index (Phi) is 6.25. The van der Waals surface area contributed by atoms with E-state index >= 15 is 0 Å². The van der Waals surface area contributed by atoms with Crippen LogP contribution in [0.15, 0.2) is 48.5 Å². The van der Waals surface area contributed by atoms with Gasteiger partial charge < -0.3 is 19.9 Å². The fourth-order valence-corrected chi connectivity index (χ4v) is 2.21. The van der Waals surface area contributed by atoms with Crippen molar-refractivity contribution in [3.05, 3.63) is 59.7 Å². The van der Waals surface area contributed by atoms with E-state index in [2.05, 4.69) is 18.3 Å². The lowest BCUT2D eigenvalue weighted by molar-refractivity contribution is 0.281. The molecule has 0 heterocycles. The highest BCUT2D eigenvalue weighted by Crippen LogP contribution is 2.18. The van der Waals surface area contributed by atoms with Gasteiger partial charge in [-0.25, -0.2) is 0 Å². The average molecular weight is 301 g/mol. The minimum absolute atomic E-state index is 0.0690. The van der Waals surface area contributed by atoms with E-state index in [1.54, 1.807) is 7.11 Å². The molecule has 22 heavy (non-hydrogen) atoms. The molecule has 2 rings (SSSR count). The van der Waals surface area contributed by atoms with Crippen LogP contribution in [-0.2, 0) is 6.61 Å². The summed E-state index contributed by atoms with van der Waals surface area (Å²) in [6.07, 6.45) is 0. The Balaban J connectivity index is 1.77. The SMILES string of the molecule is COc1cccc(OCCNC(C)c2cccc(CO)c2)c1. The highest BCUT2D eigenvalue weighted by molar-refractivity contribution is 5.32. The predicted molar refractivity (Wildman–Crippen MR) is 87.3 cm³/mol. The zero-order valence-electron chi connectivity index (χ0n) is 13.1. The molecule has 4 nitrogen and oxygen atoms in total. The van der Waals surface area contributed by atoms with Gasteiger partial charge in [-0.3, -0.25) is 0 Å². The molecule has 1 unspecified atom stereocenters. The van der Waals surface area contributed by atoms with E-state index in [1.165, 1.54) is 0 Å². The summed E-state index contributed by atoms with van der Waals surface area (Å²) in [6, 6.07) is 15.7. The zero-order valence-corrected chi connectivity index (χ0v) is 13.1. The van der Waals surface area contributed by atoms with Crippen molar-refractivity contribution in [2.75, 3.05) is 20.3 Å². The Morgan fingerprint density at radius 2 is 1.86 bits per heavy atom. The van der Waals surface area contributed by atoms with Gasteiger partial charge in [0.15, 0.2) is 0 Å². The molecule has 1 atom stereocenters. The largest absolute Gasteiger partial charge is 0.497 e. The number of hydrogen-bond acceptors (Lipinski definition) is 4. The molecule has 0 aromatic heterocycles. The fraction of sp³-hybridized carbons (Fsp3) is 0.333. The van der Waals surface area contributed by atoms with Crippen molar-refractivity contribution in [2.24, 2.45) is 0 Å². The predicted octanol–water partition coefficient (Wildman–Crippen LogP) is 2.92. The summed E-state index contributed by atoms with van der Waals surface area (Å²) in [6.45, 7) is 3.49. The van der Waals surface area contributed by atoms with Gasteiger partial charge in [0.05, 0.1) is 13.7 Å². The number of methoxy groups -OCH3 is 1. The number of hydrogen-bond donors (Lipinski definition) is 2. The number of rotatable bonds is 8. The van der Waals surface area contributed by atoms with Crippen molar-refractivity contribution in [3.8, 4) is 11.5 Å². The maximum absolute atomic E-state index is 9.18. The van der Waals surface area contributed by atoms with Gasteiger partial charge in [0.1, 0.15) is 18.1 Å². The molecule has 4 heteroatoms. The molecule has 0 fully saturated rings. The first-order valence-corrected chi connectivity index (χ1v) is 7.43. The van der Waals surface area contributed by atoms with Crippen LogP contribution in [0, 0.1) is 0 Å². The van der Waals surface area contributed by atoms with E-state index in [-0.39, 0.29) is 12.6 Å². The Bertz CT molecular complexity index is 586. The van der Waals surface area contributed by atoms with Crippen LogP contribution < -0.4 is 14.8 Å². The van der Waals surface area contributed by atoms with Crippen molar-refractivity contribution in [2.45, 2.75) is 19.6 Å². The second-order valence-corrected chi connectivity index (χ2v) is 5.11. The van der Waals surface area contributed by atoms with E-state index in [9.17, 15) is 5.11 Å². The van der Waals surface area contributed by atoms with Crippen LogP contribution in [-0.4, -0.2) is 25.4 Å². The van der Waals surface area contributed by atoms with Gasteiger partial charge in [0.25, 0.3) is 0 Å². The van der Waals surface area contributed by atoms with Crippen LogP contribution in [0.1, 0.15) is 24.1 Å². The molecule has 0 spiro atoms. The topological polar surface area (TPSA) is 50.7 Å². The Hall–Kier alpha value is -2.04. The number of benzene rings is 2. The fourth-order valence-electron chi connectivity index (χ4n) is 2.21. The summed E-state index contributed by atoms with van der Waals surface area (Å²) < 4.78 is 10.9. The zero-order chi connectivity index (χ0) is 15.8. The van der Waals surface area contributed by atoms with Gasteiger partial charge in [-0.1, -0.05) is 30.3 Å². The maximum atomic E-state index is 9.18. The van der Waals surface area contributed by atoms with Gasteiger partial charge >= 0.3 is 0 Å². The third kappa shape index (κ3) is 4.76. The molecule has 118 valence electrons. The summed E-state index contributed by atoms with van der Waals surface area (Å²) in [5.41, 5.74) is 2.09. The van der Waals surface area contributed by atoms with Crippen LogP contribution in [0.5, 0.6) is 11.5 Å². The van der Waals surface area contributed by atoms with E-state index in [1.807, 2.05) is 42.5 Å². The van der Waals surface area contributed by atoms with Crippen LogP contribution in [0.3, 0.4) is 0 Å². The molecule has 0 radical (unpaired) electrons. The standard InChI is InChI=1S/C18H23NO3/c1-14(16-6-3-5-15(11-16)13-20)19-9-10-22-18-8-4-7-17(12-18)21-2/h3-8,11-12,14,19-20H,9-10,13H2,1-2H3. The van der Waals surface area contributed by atoms with Crippen molar-refractivity contribution in [1.29, 1.82) is 0 Å². The minimum Gasteiger partial charge on any atom is -0.497 e. The lowest BCUT2D eigenvalue weighted by Gasteiger charge is -2.15. The van der Waals surface area contributed by atoms with Crippen molar-refractivity contribution >= 4 is 0 Å². The van der Waals surface area contributed by atoms with E-state index in [0.29, 0.717) is 6.61 Å². The summed E-state index contributed by atoms with van der Waals surface area (Å²) in [5.74, 6) is 1.59. The molecular formula is C18H23NO3. The van der Waals surface area contributed by atoms with Gasteiger partial charge in [-0.05, 0) is 30.2 Å². The van der Waals surface area contributed by atoms with Gasteiger partial charge in [-0.15, -0.1) is 0 Å². The third-order valence-electron chi connectivity index (χ3n) is 3.50. The van der Waals surface area contributed by atoms with Gasteiger partial charge in [0, 0.05) is 18.7 Å². The average Bonchev–Trinajstić information content (AvgIpc) is 2.58. The molecule has 2 N–H and O–H groups in total. The second-order valence-electron chi connectivity index (χ2n) is 5.11. The van der Waals surface area contributed by atoms with Crippen molar-refractivity contribution in [3.63, 3.8) is 0 Å². The lowest BCUT2D eigenvalue weighted by atomic mass is 10.1. The van der Waals surface area contributed by atoms with Crippen molar-refractivity contribution in [1.82, 2.24) is 5.32 Å². The van der Waals surface area contributed by atoms with Gasteiger partial charge in [0.2, 0.25) is 0 Å². The first kappa shape index (κ1) is 16.3. The quantitative estimate of drug-likeness (QED) is 0.736. The summed E-state index contributed by atoms with van der Waals surface area (Å²) in [5, 5.41) is 12.6. The van der Waals surface area contributed by atoms with E-state index in [4.69, 9.17) is 9.47 Å². The first-order valence-electron chi connectivity index (χ1n) is 7.43. The normalized spacial score (nSPS) is 12.0. The molecule has 0 bridgehead atoms. The monoisotopic (exact) mass is 301 g/mol. The molecule has 0 aliphatic rings. The first-order chi connectivity index (χ1) is 10.7. The second kappa shape index (κ2) is 8.41. The molecule has 0 aliphatic carbocycles. The summed E-state index contributed by atoms with van der Waals surface area (Å²) in [4.78, 5) is 0. The number of nitrogens with one attached hydrogen (secondary N) is 1. The summed E-state index contributed by atoms with van der Waals surface area (Å²) >= 11 is 0. The molecule has 0 aliphatic heterocycles. The molecule has 0 saturated heterocycles. The molecule has 0 saturated carbocycles. The highest BCUT2D eigenvalue weighted by atomic mass is 16.5. The number of aliphatic hydroxyl groups excluding tert-OH is 1. The maximum Gasteiger partial charge on any atom is 0.123 e. The molecule has 2 aromatic carbocycles. The summed E-state index contributed by atoms with van der Waals surface area (Å²) in [7, 11) is 1.64. The molecule has 2 aromatic rings. The minimum atomic E-state index is 0.0690. The molecular weight excluding hydrogens is 278 g/mol. The Morgan fingerprint density at radius 1 is 1.09 bits per heavy atom. The van der Waals surface area contributed by atoms with E-state index < -0.39 is 0 Å². The van der Waals surface area contributed by atoms with E-state index in [0.717, 1.165) is 29.2 Å². The number of aliphatic hydroxyl groups is 1. The number of ether oxygens (including phenoxy) is 2. The third-order valence-corrected chi connectivity index (χ3v) is 3.50. The van der Waals surface area contributed by atoms with Crippen LogP contribution >= 0.6 is 0 Å². The highest BCUT2D eigenvalue weighted by Gasteiger charge is 2.05. The lowest BCUT2D eigenvalue weighted by Crippen LogP contribution is -2.24. The van der Waals surface area contributed by atoms with Gasteiger partial charge in [-0.2, -0.15) is 0 Å². The Morgan fingerprint density at radius 3 is 2.64 bits per heavy atom. The Labute approximate surface area is 131 Å². The van der Waals surface area contributed by atoms with Crippen LogP contribution in [0.2, 0.25) is 0 Å².